The fourth-order valence-corrected chi connectivity index (χ4v) is 3.87. The van der Waals surface area contributed by atoms with Gasteiger partial charge in [0.25, 0.3) is 5.91 Å². The van der Waals surface area contributed by atoms with Crippen LogP contribution in [0.25, 0.3) is 10.9 Å². The topological polar surface area (TPSA) is 73.9 Å². The van der Waals surface area contributed by atoms with E-state index < -0.39 is 0 Å². The van der Waals surface area contributed by atoms with Crippen molar-refractivity contribution in [3.63, 3.8) is 0 Å². The second-order valence-corrected chi connectivity index (χ2v) is 7.58. The van der Waals surface area contributed by atoms with E-state index in [1.807, 2.05) is 18.2 Å². The van der Waals surface area contributed by atoms with Crippen molar-refractivity contribution in [1.29, 1.82) is 0 Å². The molecule has 3 aromatic rings. The Morgan fingerprint density at radius 3 is 2.73 bits per heavy atom. The lowest BCUT2D eigenvalue weighted by Gasteiger charge is -2.32. The van der Waals surface area contributed by atoms with Gasteiger partial charge in [-0.3, -0.25) is 4.79 Å². The van der Waals surface area contributed by atoms with E-state index in [2.05, 4.69) is 41.1 Å². The highest BCUT2D eigenvalue weighted by atomic mass is 79.9. The normalized spacial score (nSPS) is 15.4. The SMILES string of the molecule is O=C(NC1CCN(c2ncccn2)CC1)c1[nH]c2ccc(Br)cc2c1Cl. The zero-order valence-corrected chi connectivity index (χ0v) is 16.2. The Kier molecular flexibility index (Phi) is 4.82. The molecule has 0 atom stereocenters. The number of nitrogens with one attached hydrogen (secondary N) is 2. The molecule has 0 saturated carbocycles. The van der Waals surface area contributed by atoms with Gasteiger partial charge in [0.2, 0.25) is 5.95 Å². The number of fused-ring (bicyclic) bond motifs is 1. The van der Waals surface area contributed by atoms with Crippen LogP contribution in [-0.2, 0) is 0 Å². The van der Waals surface area contributed by atoms with Crippen LogP contribution in [0.15, 0.2) is 41.1 Å². The zero-order valence-electron chi connectivity index (χ0n) is 13.9. The summed E-state index contributed by atoms with van der Waals surface area (Å²) in [5.74, 6) is 0.568. The molecule has 0 spiro atoms. The third-order valence-corrected chi connectivity index (χ3v) is 5.48. The Labute approximate surface area is 164 Å². The second kappa shape index (κ2) is 7.25. The van der Waals surface area contributed by atoms with Gasteiger partial charge in [0.05, 0.1) is 5.02 Å². The van der Waals surface area contributed by atoms with Crippen LogP contribution in [-0.4, -0.2) is 40.0 Å². The third-order valence-electron chi connectivity index (χ3n) is 4.59. The molecular weight excluding hydrogens is 418 g/mol. The van der Waals surface area contributed by atoms with Gasteiger partial charge in [0.1, 0.15) is 5.69 Å². The number of carbonyl (C=O) groups excluding carboxylic acids is 1. The smallest absolute Gasteiger partial charge is 0.269 e. The number of hydrogen-bond acceptors (Lipinski definition) is 4. The quantitative estimate of drug-likeness (QED) is 0.658. The monoisotopic (exact) mass is 433 g/mol. The molecule has 2 aromatic heterocycles. The number of piperidine rings is 1. The minimum atomic E-state index is -0.170. The molecule has 134 valence electrons. The molecule has 1 amide bonds. The number of aromatic amines is 1. The first-order chi connectivity index (χ1) is 12.6. The van der Waals surface area contributed by atoms with Gasteiger partial charge in [-0.1, -0.05) is 27.5 Å². The number of amides is 1. The number of H-pyrrole nitrogens is 1. The molecule has 26 heavy (non-hydrogen) atoms. The molecule has 4 rings (SSSR count). The molecule has 0 radical (unpaired) electrons. The van der Waals surface area contributed by atoms with Crippen molar-refractivity contribution in [3.05, 3.63) is 51.8 Å². The van der Waals surface area contributed by atoms with E-state index in [0.29, 0.717) is 10.7 Å². The fourth-order valence-electron chi connectivity index (χ4n) is 3.22. The Bertz CT molecular complexity index is 937. The van der Waals surface area contributed by atoms with E-state index in [1.165, 1.54) is 0 Å². The third kappa shape index (κ3) is 3.41. The van der Waals surface area contributed by atoms with Gasteiger partial charge in [-0.05, 0) is 37.1 Å². The number of carbonyl (C=O) groups is 1. The highest BCUT2D eigenvalue weighted by Crippen LogP contribution is 2.30. The summed E-state index contributed by atoms with van der Waals surface area (Å²) in [6.45, 7) is 1.62. The van der Waals surface area contributed by atoms with Crippen molar-refractivity contribution in [2.75, 3.05) is 18.0 Å². The molecule has 2 N–H and O–H groups in total. The van der Waals surface area contributed by atoms with Gasteiger partial charge in [0, 0.05) is 46.9 Å². The van der Waals surface area contributed by atoms with Crippen LogP contribution in [0.1, 0.15) is 23.3 Å². The number of halogens is 2. The molecule has 1 fully saturated rings. The van der Waals surface area contributed by atoms with E-state index in [4.69, 9.17) is 11.6 Å². The maximum absolute atomic E-state index is 12.7. The van der Waals surface area contributed by atoms with Crippen LogP contribution < -0.4 is 10.2 Å². The van der Waals surface area contributed by atoms with Gasteiger partial charge in [-0.15, -0.1) is 0 Å². The minimum Gasteiger partial charge on any atom is -0.349 e. The number of rotatable bonds is 3. The second-order valence-electron chi connectivity index (χ2n) is 6.29. The lowest BCUT2D eigenvalue weighted by Crippen LogP contribution is -2.45. The van der Waals surface area contributed by atoms with Gasteiger partial charge < -0.3 is 15.2 Å². The molecule has 0 bridgehead atoms. The Hall–Kier alpha value is -2.12. The summed E-state index contributed by atoms with van der Waals surface area (Å²) in [7, 11) is 0. The van der Waals surface area contributed by atoms with Crippen molar-refractivity contribution >= 4 is 50.3 Å². The van der Waals surface area contributed by atoms with Gasteiger partial charge in [-0.25, -0.2) is 9.97 Å². The van der Waals surface area contributed by atoms with Gasteiger partial charge in [0.15, 0.2) is 0 Å². The van der Waals surface area contributed by atoms with Gasteiger partial charge in [-0.2, -0.15) is 0 Å². The van der Waals surface area contributed by atoms with E-state index >= 15 is 0 Å². The summed E-state index contributed by atoms with van der Waals surface area (Å²) < 4.78 is 0.924. The molecule has 3 heterocycles. The molecular formula is C18H17BrClN5O. The van der Waals surface area contributed by atoms with E-state index in [0.717, 1.165) is 47.3 Å². The molecule has 0 aliphatic carbocycles. The first-order valence-corrected chi connectivity index (χ1v) is 9.58. The van der Waals surface area contributed by atoms with Crippen LogP contribution in [0.3, 0.4) is 0 Å². The molecule has 0 unspecified atom stereocenters. The van der Waals surface area contributed by atoms with Crippen LogP contribution >= 0.6 is 27.5 Å². The molecule has 1 aromatic carbocycles. The standard InChI is InChI=1S/C18H17BrClN5O/c19-11-2-3-14-13(10-11)15(20)16(24-14)17(26)23-12-4-8-25(9-5-12)18-21-6-1-7-22-18/h1-3,6-7,10,12,24H,4-5,8-9H2,(H,23,26). The zero-order chi connectivity index (χ0) is 18.1. The number of aromatic nitrogens is 3. The maximum atomic E-state index is 12.7. The molecule has 1 aliphatic rings. The van der Waals surface area contributed by atoms with Crippen molar-refractivity contribution in [2.24, 2.45) is 0 Å². The maximum Gasteiger partial charge on any atom is 0.269 e. The number of nitrogens with zero attached hydrogens (tertiary/aromatic N) is 3. The van der Waals surface area contributed by atoms with Crippen molar-refractivity contribution in [3.8, 4) is 0 Å². The highest BCUT2D eigenvalue weighted by molar-refractivity contribution is 9.10. The Morgan fingerprint density at radius 2 is 2.00 bits per heavy atom. The largest absolute Gasteiger partial charge is 0.349 e. The lowest BCUT2D eigenvalue weighted by atomic mass is 10.1. The Morgan fingerprint density at radius 1 is 1.27 bits per heavy atom. The predicted molar refractivity (Wildman–Crippen MR) is 106 cm³/mol. The average molecular weight is 435 g/mol. The van der Waals surface area contributed by atoms with E-state index in [1.54, 1.807) is 18.5 Å². The summed E-state index contributed by atoms with van der Waals surface area (Å²) in [6.07, 6.45) is 5.17. The summed E-state index contributed by atoms with van der Waals surface area (Å²) in [4.78, 5) is 26.5. The van der Waals surface area contributed by atoms with Crippen LogP contribution in [0.4, 0.5) is 5.95 Å². The number of hydrogen-bond donors (Lipinski definition) is 2. The first kappa shape index (κ1) is 17.3. The highest BCUT2D eigenvalue weighted by Gasteiger charge is 2.24. The molecule has 8 heteroatoms. The van der Waals surface area contributed by atoms with Crippen LogP contribution in [0.5, 0.6) is 0 Å². The summed E-state index contributed by atoms with van der Waals surface area (Å²) >= 11 is 9.84. The fraction of sp³-hybridized carbons (Fsp3) is 0.278. The number of benzene rings is 1. The van der Waals surface area contributed by atoms with Crippen molar-refractivity contribution in [1.82, 2.24) is 20.3 Å². The van der Waals surface area contributed by atoms with Crippen molar-refractivity contribution < 1.29 is 4.79 Å². The van der Waals surface area contributed by atoms with Crippen LogP contribution in [0.2, 0.25) is 5.02 Å². The van der Waals surface area contributed by atoms with E-state index in [9.17, 15) is 4.79 Å². The lowest BCUT2D eigenvalue weighted by molar-refractivity contribution is 0.0927. The first-order valence-electron chi connectivity index (χ1n) is 8.41. The summed E-state index contributed by atoms with van der Waals surface area (Å²) in [5, 5.41) is 4.38. The average Bonchev–Trinajstić information content (AvgIpc) is 2.99. The minimum absolute atomic E-state index is 0.108. The predicted octanol–water partition coefficient (Wildman–Crippen LogP) is 3.77. The van der Waals surface area contributed by atoms with Crippen molar-refractivity contribution in [2.45, 2.75) is 18.9 Å². The summed E-state index contributed by atoms with van der Waals surface area (Å²) in [6, 6.07) is 7.64. The summed E-state index contributed by atoms with van der Waals surface area (Å²) in [5.41, 5.74) is 1.26. The van der Waals surface area contributed by atoms with Gasteiger partial charge >= 0.3 is 0 Å². The molecule has 1 aliphatic heterocycles. The Balaban J connectivity index is 1.42. The number of anilines is 1. The van der Waals surface area contributed by atoms with E-state index in [-0.39, 0.29) is 11.9 Å². The van der Waals surface area contributed by atoms with Crippen LogP contribution in [0, 0.1) is 0 Å². The molecule has 6 nitrogen and oxygen atoms in total. The molecule has 1 saturated heterocycles.